The van der Waals surface area contributed by atoms with E-state index in [-0.39, 0.29) is 18.2 Å². The highest BCUT2D eigenvalue weighted by atomic mass is 79.9. The van der Waals surface area contributed by atoms with E-state index in [9.17, 15) is 14.7 Å². The molecule has 184 valence electrons. The zero-order valence-electron chi connectivity index (χ0n) is 19.9. The maximum Gasteiger partial charge on any atom is 0.340 e. The number of halogens is 1. The lowest BCUT2D eigenvalue weighted by Crippen LogP contribution is -2.55. The Labute approximate surface area is 213 Å². The molecule has 0 unspecified atom stereocenters. The minimum Gasteiger partial charge on any atom is -0.489 e. The first-order valence-corrected chi connectivity index (χ1v) is 13.1. The first kappa shape index (κ1) is 24.1. The van der Waals surface area contributed by atoms with Crippen molar-refractivity contribution in [1.29, 1.82) is 0 Å². The van der Waals surface area contributed by atoms with Gasteiger partial charge in [0.05, 0.1) is 17.6 Å². The summed E-state index contributed by atoms with van der Waals surface area (Å²) in [4.78, 5) is 27.8. The van der Waals surface area contributed by atoms with Crippen LogP contribution in [0.15, 0.2) is 56.1 Å². The van der Waals surface area contributed by atoms with Crippen LogP contribution in [0.4, 0.5) is 0 Å². The SMILES string of the molecule is Cc1c(CC(=O)N2CC[C@]3(O)CCCC[C@@H]3C2)c(=O)oc2cc(OCc3cccc(Br)c3)ccc12. The largest absolute Gasteiger partial charge is 0.489 e. The molecule has 0 spiro atoms. The molecule has 0 bridgehead atoms. The monoisotopic (exact) mass is 539 g/mol. The van der Waals surface area contributed by atoms with E-state index in [1.807, 2.05) is 48.2 Å². The fraction of sp³-hybridized carbons (Fsp3) is 0.429. The Bertz CT molecular complexity index is 1320. The molecule has 1 aliphatic heterocycles. The maximum atomic E-state index is 13.1. The molecule has 6 nitrogen and oxygen atoms in total. The normalized spacial score (nSPS) is 22.1. The van der Waals surface area contributed by atoms with E-state index in [0.717, 1.165) is 46.7 Å². The number of aliphatic hydroxyl groups is 1. The van der Waals surface area contributed by atoms with E-state index in [0.29, 0.717) is 43.0 Å². The van der Waals surface area contributed by atoms with Gasteiger partial charge in [0.25, 0.3) is 0 Å². The predicted octanol–water partition coefficient (Wildman–Crippen LogP) is 5.14. The summed E-state index contributed by atoms with van der Waals surface area (Å²) >= 11 is 3.46. The van der Waals surface area contributed by atoms with Gasteiger partial charge in [0.1, 0.15) is 17.9 Å². The van der Waals surface area contributed by atoms with Gasteiger partial charge in [-0.15, -0.1) is 0 Å². The van der Waals surface area contributed by atoms with Crippen LogP contribution in [0.1, 0.15) is 48.8 Å². The number of carbonyl (C=O) groups excluding carboxylic acids is 1. The van der Waals surface area contributed by atoms with Crippen molar-refractivity contribution < 1.29 is 19.1 Å². The number of rotatable bonds is 5. The number of nitrogens with zero attached hydrogens (tertiary/aromatic N) is 1. The number of fused-ring (bicyclic) bond motifs is 2. The van der Waals surface area contributed by atoms with E-state index < -0.39 is 11.2 Å². The van der Waals surface area contributed by atoms with Crippen molar-refractivity contribution in [2.75, 3.05) is 13.1 Å². The number of carbonyl (C=O) groups is 1. The lowest BCUT2D eigenvalue weighted by atomic mass is 9.71. The molecule has 7 heteroatoms. The Hall–Kier alpha value is -2.64. The van der Waals surface area contributed by atoms with Gasteiger partial charge in [-0.05, 0) is 61.6 Å². The van der Waals surface area contributed by atoms with E-state index in [4.69, 9.17) is 9.15 Å². The molecule has 35 heavy (non-hydrogen) atoms. The first-order valence-electron chi connectivity index (χ1n) is 12.3. The van der Waals surface area contributed by atoms with Crippen LogP contribution in [-0.4, -0.2) is 34.6 Å². The van der Waals surface area contributed by atoms with Crippen molar-refractivity contribution in [3.63, 3.8) is 0 Å². The third-order valence-electron chi connectivity index (χ3n) is 7.66. The van der Waals surface area contributed by atoms with Crippen molar-refractivity contribution >= 4 is 32.8 Å². The maximum absolute atomic E-state index is 13.1. The molecule has 1 amide bonds. The molecule has 2 heterocycles. The van der Waals surface area contributed by atoms with Gasteiger partial charge in [-0.2, -0.15) is 0 Å². The smallest absolute Gasteiger partial charge is 0.340 e. The fourth-order valence-corrected chi connectivity index (χ4v) is 5.97. The number of amides is 1. The van der Waals surface area contributed by atoms with Gasteiger partial charge in [-0.1, -0.05) is 40.9 Å². The molecular weight excluding hydrogens is 510 g/mol. The van der Waals surface area contributed by atoms with Gasteiger partial charge in [-0.3, -0.25) is 4.79 Å². The van der Waals surface area contributed by atoms with Crippen molar-refractivity contribution in [2.45, 2.75) is 57.7 Å². The van der Waals surface area contributed by atoms with Crippen LogP contribution in [-0.2, 0) is 17.8 Å². The van der Waals surface area contributed by atoms with Gasteiger partial charge in [0.15, 0.2) is 0 Å². The van der Waals surface area contributed by atoms with E-state index in [1.54, 1.807) is 6.07 Å². The summed E-state index contributed by atoms with van der Waals surface area (Å²) in [5.41, 5.74) is 1.50. The minimum atomic E-state index is -0.635. The zero-order chi connectivity index (χ0) is 24.6. The quantitative estimate of drug-likeness (QED) is 0.454. The molecule has 2 aliphatic rings. The highest BCUT2D eigenvalue weighted by Crippen LogP contribution is 2.40. The Kier molecular flexibility index (Phi) is 6.73. The molecule has 2 fully saturated rings. The van der Waals surface area contributed by atoms with E-state index in [2.05, 4.69) is 15.9 Å². The number of aryl methyl sites for hydroxylation is 1. The molecule has 2 aromatic carbocycles. The third kappa shape index (κ3) is 5.02. The summed E-state index contributed by atoms with van der Waals surface area (Å²) in [5, 5.41) is 11.7. The number of hydrogen-bond donors (Lipinski definition) is 1. The van der Waals surface area contributed by atoms with Crippen LogP contribution in [0.3, 0.4) is 0 Å². The van der Waals surface area contributed by atoms with Crippen LogP contribution in [0, 0.1) is 12.8 Å². The van der Waals surface area contributed by atoms with E-state index >= 15 is 0 Å². The van der Waals surface area contributed by atoms with Crippen LogP contribution < -0.4 is 10.4 Å². The lowest BCUT2D eigenvalue weighted by molar-refractivity contribution is -0.142. The van der Waals surface area contributed by atoms with Crippen LogP contribution >= 0.6 is 15.9 Å². The average Bonchev–Trinajstić information content (AvgIpc) is 2.84. The van der Waals surface area contributed by atoms with Gasteiger partial charge in [0.2, 0.25) is 5.91 Å². The first-order chi connectivity index (χ1) is 16.8. The van der Waals surface area contributed by atoms with Crippen molar-refractivity contribution in [2.24, 2.45) is 5.92 Å². The Morgan fingerprint density at radius 3 is 2.91 bits per heavy atom. The van der Waals surface area contributed by atoms with Gasteiger partial charge >= 0.3 is 5.63 Å². The van der Waals surface area contributed by atoms with E-state index in [1.165, 1.54) is 0 Å². The highest BCUT2D eigenvalue weighted by Gasteiger charge is 2.43. The Morgan fingerprint density at radius 2 is 2.09 bits per heavy atom. The fourth-order valence-electron chi connectivity index (χ4n) is 5.52. The molecule has 1 aliphatic carbocycles. The van der Waals surface area contributed by atoms with Crippen molar-refractivity contribution in [3.8, 4) is 5.75 Å². The Morgan fingerprint density at radius 1 is 1.23 bits per heavy atom. The summed E-state index contributed by atoms with van der Waals surface area (Å²) in [7, 11) is 0. The predicted molar refractivity (Wildman–Crippen MR) is 138 cm³/mol. The van der Waals surface area contributed by atoms with Gasteiger partial charge in [-0.25, -0.2) is 4.79 Å². The number of benzene rings is 2. The average molecular weight is 540 g/mol. The van der Waals surface area contributed by atoms with Crippen LogP contribution in [0.5, 0.6) is 5.75 Å². The number of likely N-dealkylation sites (tertiary alicyclic amines) is 1. The molecule has 3 aromatic rings. The molecule has 0 radical (unpaired) electrons. The molecule has 1 saturated carbocycles. The lowest BCUT2D eigenvalue weighted by Gasteiger charge is -2.47. The minimum absolute atomic E-state index is 0.0103. The van der Waals surface area contributed by atoms with Crippen molar-refractivity contribution in [3.05, 3.63) is 74.0 Å². The van der Waals surface area contributed by atoms with Crippen molar-refractivity contribution in [1.82, 2.24) is 4.90 Å². The van der Waals surface area contributed by atoms with Gasteiger partial charge in [0, 0.05) is 34.9 Å². The molecular formula is C28H30BrNO5. The highest BCUT2D eigenvalue weighted by molar-refractivity contribution is 9.10. The number of piperidine rings is 1. The zero-order valence-corrected chi connectivity index (χ0v) is 21.5. The topological polar surface area (TPSA) is 80.0 Å². The molecule has 1 N–H and O–H groups in total. The molecule has 2 atom stereocenters. The standard InChI is InChI=1S/C28H30BrNO5/c1-18-23-9-8-22(34-17-19-5-4-7-21(29)13-19)14-25(23)35-27(32)24(18)15-26(31)30-12-11-28(33)10-3-2-6-20(28)16-30/h4-5,7-9,13-14,20,33H,2-3,6,10-12,15-17H2,1H3/t20-,28-/m1/s1. The summed E-state index contributed by atoms with van der Waals surface area (Å²) in [6, 6.07) is 13.3. The number of hydrogen-bond acceptors (Lipinski definition) is 5. The Balaban J connectivity index is 1.31. The molecule has 5 rings (SSSR count). The number of ether oxygens (including phenoxy) is 1. The summed E-state index contributed by atoms with van der Waals surface area (Å²) in [6.07, 6.45) is 4.53. The summed E-state index contributed by atoms with van der Waals surface area (Å²) < 4.78 is 12.5. The third-order valence-corrected chi connectivity index (χ3v) is 8.15. The second-order valence-electron chi connectivity index (χ2n) is 9.88. The second-order valence-corrected chi connectivity index (χ2v) is 10.8. The summed E-state index contributed by atoms with van der Waals surface area (Å²) in [5.74, 6) is 0.650. The van der Waals surface area contributed by atoms with Crippen LogP contribution in [0.2, 0.25) is 0 Å². The van der Waals surface area contributed by atoms with Gasteiger partial charge < -0.3 is 19.2 Å². The van der Waals surface area contributed by atoms with Crippen LogP contribution in [0.25, 0.3) is 11.0 Å². The second kappa shape index (κ2) is 9.78. The molecule has 1 saturated heterocycles. The molecule has 1 aromatic heterocycles. The summed E-state index contributed by atoms with van der Waals surface area (Å²) in [6.45, 7) is 3.35.